The molecule has 2 aromatic rings. The molecule has 0 bridgehead atoms. The summed E-state index contributed by atoms with van der Waals surface area (Å²) in [4.78, 5) is 21.9. The van der Waals surface area contributed by atoms with E-state index < -0.39 is 0 Å². The molecule has 0 radical (unpaired) electrons. The van der Waals surface area contributed by atoms with E-state index in [-0.39, 0.29) is 5.91 Å². The van der Waals surface area contributed by atoms with Crippen LogP contribution in [0.25, 0.3) is 6.08 Å². The van der Waals surface area contributed by atoms with Gasteiger partial charge >= 0.3 is 0 Å². The molecule has 0 spiro atoms. The van der Waals surface area contributed by atoms with Gasteiger partial charge in [0, 0.05) is 51.7 Å². The summed E-state index contributed by atoms with van der Waals surface area (Å²) in [6.07, 6.45) is 3.90. The Morgan fingerprint density at radius 1 is 1.08 bits per heavy atom. The Balaban J connectivity index is 1.35. The minimum atomic E-state index is -0.127. The summed E-state index contributed by atoms with van der Waals surface area (Å²) >= 11 is 1.49. The molecule has 2 aliphatic rings. The van der Waals surface area contributed by atoms with Crippen LogP contribution < -0.4 is 0 Å². The minimum absolute atomic E-state index is 0.127. The van der Waals surface area contributed by atoms with Gasteiger partial charge in [-0.2, -0.15) is 4.99 Å². The van der Waals surface area contributed by atoms with Gasteiger partial charge in [0.2, 0.25) is 0 Å². The van der Waals surface area contributed by atoms with E-state index in [1.807, 2.05) is 36.0 Å². The van der Waals surface area contributed by atoms with Crippen molar-refractivity contribution in [3.63, 3.8) is 0 Å². The molecular formula is C20H22N4OS. The molecule has 1 aromatic carbocycles. The Morgan fingerprint density at radius 2 is 1.85 bits per heavy atom. The Morgan fingerprint density at radius 3 is 2.54 bits per heavy atom. The van der Waals surface area contributed by atoms with Crippen LogP contribution in [0.2, 0.25) is 0 Å². The number of benzene rings is 1. The molecule has 0 saturated carbocycles. The van der Waals surface area contributed by atoms with Gasteiger partial charge in [0.25, 0.3) is 5.91 Å². The molecule has 4 rings (SSSR count). The largest absolute Gasteiger partial charge is 0.351 e. The van der Waals surface area contributed by atoms with Crippen molar-refractivity contribution in [1.82, 2.24) is 14.4 Å². The molecule has 0 N–H and O–H groups in total. The average Bonchev–Trinajstić information content (AvgIpc) is 3.23. The van der Waals surface area contributed by atoms with E-state index in [1.54, 1.807) is 0 Å². The van der Waals surface area contributed by atoms with Crippen LogP contribution in [0.15, 0.2) is 58.6 Å². The first-order valence-corrected chi connectivity index (χ1v) is 9.66. The number of carbonyl (C=O) groups excluding carboxylic acids is 1. The zero-order valence-electron chi connectivity index (χ0n) is 14.8. The molecule has 0 unspecified atom stereocenters. The molecular weight excluding hydrogens is 344 g/mol. The predicted octanol–water partition coefficient (Wildman–Crippen LogP) is 2.81. The van der Waals surface area contributed by atoms with Crippen LogP contribution in [0, 0.1) is 0 Å². The van der Waals surface area contributed by atoms with Gasteiger partial charge in [-0.15, -0.1) is 0 Å². The van der Waals surface area contributed by atoms with Crippen molar-refractivity contribution in [1.29, 1.82) is 0 Å². The summed E-state index contributed by atoms with van der Waals surface area (Å²) < 4.78 is 2.00. The molecule has 2 aliphatic heterocycles. The standard InChI is InChI=1S/C20H22N4OS/c1-22-9-5-8-17(22)14-18-19(25)21-20(26-18)24-12-10-23(11-13-24)15-16-6-3-2-4-7-16/h2-9,14H,10-13,15H2,1H3/b18-14+. The van der Waals surface area contributed by atoms with E-state index >= 15 is 0 Å². The van der Waals surface area contributed by atoms with E-state index in [9.17, 15) is 4.79 Å². The van der Waals surface area contributed by atoms with Crippen molar-refractivity contribution in [2.75, 3.05) is 26.2 Å². The maximum Gasteiger partial charge on any atom is 0.286 e. The van der Waals surface area contributed by atoms with Gasteiger partial charge in [-0.1, -0.05) is 30.3 Å². The van der Waals surface area contributed by atoms with Crippen LogP contribution in [0.3, 0.4) is 0 Å². The van der Waals surface area contributed by atoms with Crippen LogP contribution in [0.4, 0.5) is 0 Å². The summed E-state index contributed by atoms with van der Waals surface area (Å²) in [6, 6.07) is 14.5. The molecule has 5 nitrogen and oxygen atoms in total. The van der Waals surface area contributed by atoms with Crippen molar-refractivity contribution in [3.05, 3.63) is 64.8 Å². The molecule has 26 heavy (non-hydrogen) atoms. The number of piperazine rings is 1. The van der Waals surface area contributed by atoms with Crippen LogP contribution in [0.5, 0.6) is 0 Å². The fourth-order valence-electron chi connectivity index (χ4n) is 3.23. The van der Waals surface area contributed by atoms with Crippen LogP contribution in [0.1, 0.15) is 11.3 Å². The summed E-state index contributed by atoms with van der Waals surface area (Å²) in [5.74, 6) is -0.127. The van der Waals surface area contributed by atoms with Gasteiger partial charge in [0.05, 0.1) is 4.91 Å². The molecule has 3 heterocycles. The Kier molecular flexibility index (Phi) is 4.95. The molecule has 134 valence electrons. The third-order valence-corrected chi connectivity index (χ3v) is 5.81. The number of amides is 1. The lowest BCUT2D eigenvalue weighted by molar-refractivity contribution is -0.113. The smallest absolute Gasteiger partial charge is 0.286 e. The van der Waals surface area contributed by atoms with Gasteiger partial charge in [-0.3, -0.25) is 9.69 Å². The maximum absolute atomic E-state index is 12.2. The number of aliphatic imine (C=N–C) groups is 1. The zero-order valence-corrected chi connectivity index (χ0v) is 15.7. The highest BCUT2D eigenvalue weighted by Gasteiger charge is 2.28. The van der Waals surface area contributed by atoms with E-state index in [1.165, 1.54) is 17.3 Å². The number of nitrogens with zero attached hydrogens (tertiary/aromatic N) is 4. The van der Waals surface area contributed by atoms with Gasteiger partial charge in [0.1, 0.15) is 0 Å². The normalized spacial score (nSPS) is 20.0. The van der Waals surface area contributed by atoms with Crippen molar-refractivity contribution in [3.8, 4) is 0 Å². The Hall–Kier alpha value is -2.31. The van der Waals surface area contributed by atoms with Crippen LogP contribution in [-0.4, -0.2) is 51.6 Å². The molecule has 0 atom stereocenters. The second-order valence-corrected chi connectivity index (χ2v) is 7.61. The second-order valence-electron chi connectivity index (χ2n) is 6.60. The number of aromatic nitrogens is 1. The highest BCUT2D eigenvalue weighted by atomic mass is 32.2. The average molecular weight is 366 g/mol. The number of aryl methyl sites for hydroxylation is 1. The van der Waals surface area contributed by atoms with E-state index in [2.05, 4.69) is 45.1 Å². The first kappa shape index (κ1) is 17.1. The summed E-state index contributed by atoms with van der Waals surface area (Å²) in [6.45, 7) is 4.76. The monoisotopic (exact) mass is 366 g/mol. The minimum Gasteiger partial charge on any atom is -0.351 e. The third-order valence-electron chi connectivity index (χ3n) is 4.76. The molecule has 1 amide bonds. The fraction of sp³-hybridized carbons (Fsp3) is 0.300. The molecule has 0 aliphatic carbocycles. The van der Waals surface area contributed by atoms with Gasteiger partial charge in [-0.25, -0.2) is 0 Å². The summed E-state index contributed by atoms with van der Waals surface area (Å²) in [5, 5.41) is 0.842. The maximum atomic E-state index is 12.2. The molecule has 6 heteroatoms. The third kappa shape index (κ3) is 3.76. The number of hydrogen-bond acceptors (Lipinski definition) is 4. The topological polar surface area (TPSA) is 40.8 Å². The van der Waals surface area contributed by atoms with E-state index in [0.717, 1.165) is 43.6 Å². The summed E-state index contributed by atoms with van der Waals surface area (Å²) in [7, 11) is 1.98. The fourth-order valence-corrected chi connectivity index (χ4v) is 4.18. The van der Waals surface area contributed by atoms with Gasteiger partial charge in [0.15, 0.2) is 5.17 Å². The highest BCUT2D eigenvalue weighted by Crippen LogP contribution is 2.30. The Bertz CT molecular complexity index is 848. The quantitative estimate of drug-likeness (QED) is 0.784. The first-order chi connectivity index (χ1) is 12.7. The molecule has 1 aromatic heterocycles. The van der Waals surface area contributed by atoms with E-state index in [0.29, 0.717) is 4.91 Å². The van der Waals surface area contributed by atoms with Crippen molar-refractivity contribution in [2.45, 2.75) is 6.54 Å². The lowest BCUT2D eigenvalue weighted by atomic mass is 10.2. The second kappa shape index (κ2) is 7.51. The number of hydrogen-bond donors (Lipinski definition) is 0. The molecule has 1 fully saturated rings. The number of thioether (sulfide) groups is 1. The van der Waals surface area contributed by atoms with Crippen LogP contribution in [-0.2, 0) is 18.4 Å². The lowest BCUT2D eigenvalue weighted by Crippen LogP contribution is -2.47. The van der Waals surface area contributed by atoms with E-state index in [4.69, 9.17) is 0 Å². The zero-order chi connectivity index (χ0) is 17.9. The van der Waals surface area contributed by atoms with Crippen molar-refractivity contribution in [2.24, 2.45) is 12.0 Å². The number of carbonyl (C=O) groups is 1. The molecule has 1 saturated heterocycles. The number of rotatable bonds is 3. The van der Waals surface area contributed by atoms with Crippen molar-refractivity contribution >= 4 is 28.9 Å². The lowest BCUT2D eigenvalue weighted by Gasteiger charge is -2.35. The summed E-state index contributed by atoms with van der Waals surface area (Å²) in [5.41, 5.74) is 2.36. The first-order valence-electron chi connectivity index (χ1n) is 8.84. The predicted molar refractivity (Wildman–Crippen MR) is 107 cm³/mol. The number of amidine groups is 1. The van der Waals surface area contributed by atoms with Crippen LogP contribution >= 0.6 is 11.8 Å². The highest BCUT2D eigenvalue weighted by molar-refractivity contribution is 8.18. The van der Waals surface area contributed by atoms with Gasteiger partial charge < -0.3 is 9.47 Å². The SMILES string of the molecule is Cn1cccc1/C=C1/SC(N2CCN(Cc3ccccc3)CC2)=NC1=O. The Labute approximate surface area is 158 Å². The van der Waals surface area contributed by atoms with Crippen molar-refractivity contribution < 1.29 is 4.79 Å². The van der Waals surface area contributed by atoms with Gasteiger partial charge in [-0.05, 0) is 35.5 Å².